The molecule has 316 valence electrons. The van der Waals surface area contributed by atoms with Crippen molar-refractivity contribution in [2.24, 2.45) is 17.8 Å². The third-order valence-corrected chi connectivity index (χ3v) is 11.8. The van der Waals surface area contributed by atoms with Crippen LogP contribution in [0.5, 0.6) is 0 Å². The fourth-order valence-corrected chi connectivity index (χ4v) is 8.55. The number of ether oxygens (including phenoxy) is 7. The van der Waals surface area contributed by atoms with E-state index in [2.05, 4.69) is 20.8 Å². The fraction of sp³-hybridized carbons (Fsp3) is 0.404. The molecule has 7 rings (SSSR count). The van der Waals surface area contributed by atoms with Crippen LogP contribution >= 0.6 is 0 Å². The molecule has 8 nitrogen and oxygen atoms in total. The predicted octanol–water partition coefficient (Wildman–Crippen LogP) is 10.9. The van der Waals surface area contributed by atoms with Gasteiger partial charge < -0.3 is 33.2 Å². The van der Waals surface area contributed by atoms with Crippen LogP contribution < -0.4 is 0 Å². The summed E-state index contributed by atoms with van der Waals surface area (Å²) < 4.78 is 47.8. The number of hydrogen-bond acceptors (Lipinski definition) is 8. The third kappa shape index (κ3) is 12.1. The Balaban J connectivity index is 1.30. The first-order valence-electron chi connectivity index (χ1n) is 21.6. The summed E-state index contributed by atoms with van der Waals surface area (Å²) >= 11 is 0. The van der Waals surface area contributed by atoms with Crippen molar-refractivity contribution in [1.82, 2.24) is 0 Å². The molecule has 2 unspecified atom stereocenters. The van der Waals surface area contributed by atoms with Gasteiger partial charge in [0, 0.05) is 0 Å². The summed E-state index contributed by atoms with van der Waals surface area (Å²) in [5.74, 6) is 1.02. The van der Waals surface area contributed by atoms with Crippen LogP contribution in [0.15, 0.2) is 152 Å². The van der Waals surface area contributed by atoms with Crippen molar-refractivity contribution < 1.29 is 38.0 Å². The van der Waals surface area contributed by atoms with Crippen molar-refractivity contribution in [2.75, 3.05) is 0 Å². The summed E-state index contributed by atoms with van der Waals surface area (Å²) in [6, 6.07) is 50.0. The van der Waals surface area contributed by atoms with Gasteiger partial charge in [-0.2, -0.15) is 0 Å². The van der Waals surface area contributed by atoms with E-state index in [4.69, 9.17) is 33.2 Å². The van der Waals surface area contributed by atoms with Gasteiger partial charge in [0.15, 0.2) is 6.10 Å². The van der Waals surface area contributed by atoms with E-state index < -0.39 is 42.8 Å². The molecule has 0 N–H and O–H groups in total. The Morgan fingerprint density at radius 2 is 0.750 bits per heavy atom. The minimum Gasteiger partial charge on any atom is -0.431 e. The molecule has 0 amide bonds. The second-order valence-corrected chi connectivity index (χ2v) is 16.6. The van der Waals surface area contributed by atoms with Crippen LogP contribution in [0.4, 0.5) is 4.79 Å². The van der Waals surface area contributed by atoms with E-state index in [0.717, 1.165) is 47.1 Å². The average Bonchev–Trinajstić information content (AvgIpc) is 3.28. The maximum atomic E-state index is 14.4. The van der Waals surface area contributed by atoms with E-state index >= 15 is 0 Å². The van der Waals surface area contributed by atoms with Crippen LogP contribution in [0.3, 0.4) is 0 Å². The molecule has 0 heterocycles. The molecule has 5 aromatic rings. The van der Waals surface area contributed by atoms with E-state index in [0.29, 0.717) is 11.8 Å². The van der Waals surface area contributed by atoms with Crippen LogP contribution in [0.1, 0.15) is 67.9 Å². The van der Waals surface area contributed by atoms with E-state index in [1.54, 1.807) is 0 Å². The molecule has 2 fully saturated rings. The average molecular weight is 813 g/mol. The molecule has 0 saturated heterocycles. The Hall–Kier alpha value is -4.83. The summed E-state index contributed by atoms with van der Waals surface area (Å²) in [6.07, 6.45) is -3.12. The lowest BCUT2D eigenvalue weighted by Crippen LogP contribution is -2.67. The number of hydrogen-bond donors (Lipinski definition) is 0. The Morgan fingerprint density at radius 3 is 1.05 bits per heavy atom. The maximum Gasteiger partial charge on any atom is 0.509 e. The molecule has 0 aliphatic heterocycles. The first-order valence-corrected chi connectivity index (χ1v) is 21.6. The lowest BCUT2D eigenvalue weighted by Gasteiger charge is -2.49. The number of rotatable bonds is 18. The maximum absolute atomic E-state index is 14.4. The van der Waals surface area contributed by atoms with Crippen LogP contribution in [-0.4, -0.2) is 48.9 Å². The molecule has 5 aromatic carbocycles. The third-order valence-electron chi connectivity index (χ3n) is 11.8. The highest BCUT2D eigenvalue weighted by Gasteiger charge is 2.56. The molecule has 8 heteroatoms. The highest BCUT2D eigenvalue weighted by Crippen LogP contribution is 2.39. The van der Waals surface area contributed by atoms with Gasteiger partial charge in [-0.15, -0.1) is 0 Å². The lowest BCUT2D eigenvalue weighted by atomic mass is 9.75. The van der Waals surface area contributed by atoms with Gasteiger partial charge in [-0.3, -0.25) is 0 Å². The first kappa shape index (κ1) is 43.3. The Kier molecular flexibility index (Phi) is 16.0. The molecular formula is C52H60O8. The van der Waals surface area contributed by atoms with Crippen molar-refractivity contribution in [1.29, 1.82) is 0 Å². The SMILES string of the molecule is CC(C)[C@@H]1CC[C@@H](C)C[C@H]1OC(=O)OC1[C@@H](OCc2ccccc2)[C@H](OCc2ccccc2)C(OCc2ccccc2)[C@H](OCc2ccccc2)[C@@H]1OCc1ccccc1. The molecule has 0 radical (unpaired) electrons. The van der Waals surface area contributed by atoms with Gasteiger partial charge in [-0.25, -0.2) is 4.79 Å². The van der Waals surface area contributed by atoms with Crippen molar-refractivity contribution >= 4 is 6.16 Å². The Bertz CT molecular complexity index is 1860. The van der Waals surface area contributed by atoms with Gasteiger partial charge in [-0.1, -0.05) is 179 Å². The summed E-state index contributed by atoms with van der Waals surface area (Å²) in [4.78, 5) is 14.4. The molecular weight excluding hydrogens is 753 g/mol. The monoisotopic (exact) mass is 812 g/mol. The number of carbonyl (C=O) groups is 1. The zero-order valence-corrected chi connectivity index (χ0v) is 35.1. The highest BCUT2D eigenvalue weighted by atomic mass is 16.7. The topological polar surface area (TPSA) is 81.7 Å². The van der Waals surface area contributed by atoms with E-state index in [-0.39, 0.29) is 45.1 Å². The van der Waals surface area contributed by atoms with Gasteiger partial charge in [0.1, 0.15) is 36.6 Å². The molecule has 0 bridgehead atoms. The van der Waals surface area contributed by atoms with Gasteiger partial charge in [0.05, 0.1) is 33.0 Å². The van der Waals surface area contributed by atoms with Gasteiger partial charge >= 0.3 is 6.16 Å². The number of benzene rings is 5. The molecule has 9 atom stereocenters. The van der Waals surface area contributed by atoms with Crippen molar-refractivity contribution in [3.8, 4) is 0 Å². The number of carbonyl (C=O) groups excluding carboxylic acids is 1. The van der Waals surface area contributed by atoms with Gasteiger partial charge in [-0.05, 0) is 58.4 Å². The quantitative estimate of drug-likeness (QED) is 0.0809. The molecule has 2 aliphatic carbocycles. The second kappa shape index (κ2) is 22.1. The van der Waals surface area contributed by atoms with Gasteiger partial charge in [0.2, 0.25) is 0 Å². The minimum atomic E-state index is -1.01. The molecule has 60 heavy (non-hydrogen) atoms. The normalized spacial score (nSPS) is 25.4. The van der Waals surface area contributed by atoms with Crippen molar-refractivity contribution in [3.63, 3.8) is 0 Å². The largest absolute Gasteiger partial charge is 0.509 e. The molecule has 2 saturated carbocycles. The highest BCUT2D eigenvalue weighted by molar-refractivity contribution is 5.60. The standard InChI is InChI=1S/C52H60O8/c1-37(2)44-30-29-38(3)31-45(44)59-52(53)60-51-49(57-35-42-25-15-7-16-26-42)47(55-33-40-21-11-5-12-22-40)46(54-32-39-19-9-4-10-20-39)48(56-34-41-23-13-6-14-24-41)50(51)58-36-43-27-17-8-18-28-43/h4-28,37-38,44-51H,29-36H2,1-3H3/t38-,44+,45-,46?,47-,48+,49+,50+,51?/m1/s1. The zero-order chi connectivity index (χ0) is 41.5. The van der Waals surface area contributed by atoms with Gasteiger partial charge in [0.25, 0.3) is 0 Å². The summed E-state index contributed by atoms with van der Waals surface area (Å²) in [6.45, 7) is 7.88. The second-order valence-electron chi connectivity index (χ2n) is 16.6. The minimum absolute atomic E-state index is 0.230. The zero-order valence-electron chi connectivity index (χ0n) is 35.1. The summed E-state index contributed by atoms with van der Waals surface area (Å²) in [5.41, 5.74) is 4.87. The van der Waals surface area contributed by atoms with Crippen molar-refractivity contribution in [3.05, 3.63) is 179 Å². The molecule has 2 aliphatic rings. The lowest BCUT2D eigenvalue weighted by molar-refractivity contribution is -0.285. The predicted molar refractivity (Wildman–Crippen MR) is 232 cm³/mol. The van der Waals surface area contributed by atoms with E-state index in [1.807, 2.05) is 152 Å². The Labute approximate surface area is 356 Å². The molecule has 0 aromatic heterocycles. The smallest absolute Gasteiger partial charge is 0.431 e. The van der Waals surface area contributed by atoms with E-state index in [9.17, 15) is 4.79 Å². The van der Waals surface area contributed by atoms with Crippen molar-refractivity contribution in [2.45, 2.75) is 116 Å². The fourth-order valence-electron chi connectivity index (χ4n) is 8.55. The van der Waals surface area contributed by atoms with Crippen LogP contribution in [0.2, 0.25) is 0 Å². The first-order chi connectivity index (χ1) is 29.4. The van der Waals surface area contributed by atoms with Crippen LogP contribution in [0, 0.1) is 17.8 Å². The van der Waals surface area contributed by atoms with Crippen LogP contribution in [-0.2, 0) is 66.2 Å². The Morgan fingerprint density at radius 1 is 0.450 bits per heavy atom. The van der Waals surface area contributed by atoms with E-state index in [1.165, 1.54) is 0 Å². The van der Waals surface area contributed by atoms with Crippen LogP contribution in [0.25, 0.3) is 0 Å². The molecule has 0 spiro atoms. The summed E-state index contributed by atoms with van der Waals surface area (Å²) in [7, 11) is 0. The summed E-state index contributed by atoms with van der Waals surface area (Å²) in [5, 5.41) is 0.